The highest BCUT2D eigenvalue weighted by Gasteiger charge is 2.10. The normalized spacial score (nSPS) is 15.3. The van der Waals surface area contributed by atoms with Gasteiger partial charge >= 0.3 is 0 Å². The number of nitrogens with two attached hydrogens (primary N) is 1. The van der Waals surface area contributed by atoms with E-state index in [-0.39, 0.29) is 18.6 Å². The summed E-state index contributed by atoms with van der Waals surface area (Å²) in [6.07, 6.45) is 1.77. The minimum absolute atomic E-state index is 0.200. The molecule has 0 aliphatic carbocycles. The fourth-order valence-electron chi connectivity index (χ4n) is 1.08. The summed E-state index contributed by atoms with van der Waals surface area (Å²) in [7, 11) is 0. The van der Waals surface area contributed by atoms with Gasteiger partial charge in [0.1, 0.15) is 0 Å². The number of hydrogen-bond acceptors (Lipinski definition) is 3. The summed E-state index contributed by atoms with van der Waals surface area (Å²) < 4.78 is 0. The molecule has 2 unspecified atom stereocenters. The molecule has 4 N–H and O–H groups in total. The van der Waals surface area contributed by atoms with E-state index in [0.29, 0.717) is 5.92 Å². The second kappa shape index (κ2) is 6.86. The molecule has 13 heavy (non-hydrogen) atoms. The smallest absolute Gasteiger partial charge is 0.234 e. The van der Waals surface area contributed by atoms with Gasteiger partial charge in [-0.1, -0.05) is 13.3 Å². The lowest BCUT2D eigenvalue weighted by Gasteiger charge is -2.16. The Hall–Kier alpha value is -0.610. The second-order valence-electron chi connectivity index (χ2n) is 3.32. The van der Waals surface area contributed by atoms with Crippen LogP contribution in [0.5, 0.6) is 0 Å². The van der Waals surface area contributed by atoms with Crippen LogP contribution < -0.4 is 11.1 Å². The summed E-state index contributed by atoms with van der Waals surface area (Å²) in [5.41, 5.74) is 5.09. The average Bonchev–Trinajstić information content (AvgIpc) is 2.11. The largest absolute Gasteiger partial charge is 0.396 e. The first-order valence-electron chi connectivity index (χ1n) is 4.75. The molecular formula is C9H20N2O2. The van der Waals surface area contributed by atoms with E-state index in [1.165, 1.54) is 0 Å². The Bertz CT molecular complexity index is 151. The van der Waals surface area contributed by atoms with E-state index in [1.54, 1.807) is 6.92 Å². The molecule has 4 heteroatoms. The number of aliphatic hydroxyl groups is 1. The molecule has 4 nitrogen and oxygen atoms in total. The SMILES string of the molecule is CCC(CCO)CNC(C)C(N)=O. The second-order valence-corrected chi connectivity index (χ2v) is 3.32. The molecule has 0 saturated heterocycles. The molecular weight excluding hydrogens is 168 g/mol. The third-order valence-corrected chi connectivity index (χ3v) is 2.25. The highest BCUT2D eigenvalue weighted by atomic mass is 16.3. The summed E-state index contributed by atoms with van der Waals surface area (Å²) in [6.45, 7) is 4.75. The molecule has 0 saturated carbocycles. The van der Waals surface area contributed by atoms with Crippen LogP contribution in [0, 0.1) is 5.92 Å². The topological polar surface area (TPSA) is 75.3 Å². The monoisotopic (exact) mass is 188 g/mol. The van der Waals surface area contributed by atoms with Crippen LogP contribution in [0.1, 0.15) is 26.7 Å². The third kappa shape index (κ3) is 5.60. The molecule has 0 aromatic carbocycles. The van der Waals surface area contributed by atoms with Gasteiger partial charge in [-0.05, 0) is 25.8 Å². The van der Waals surface area contributed by atoms with Gasteiger partial charge in [0.15, 0.2) is 0 Å². The van der Waals surface area contributed by atoms with Crippen LogP contribution in [-0.4, -0.2) is 30.2 Å². The number of nitrogens with one attached hydrogen (secondary N) is 1. The van der Waals surface area contributed by atoms with Crippen molar-refractivity contribution in [1.82, 2.24) is 5.32 Å². The standard InChI is InChI=1S/C9H20N2O2/c1-3-8(4-5-12)6-11-7(2)9(10)13/h7-8,11-12H,3-6H2,1-2H3,(H2,10,13). The van der Waals surface area contributed by atoms with E-state index in [9.17, 15) is 4.79 Å². The van der Waals surface area contributed by atoms with E-state index in [4.69, 9.17) is 10.8 Å². The van der Waals surface area contributed by atoms with E-state index in [1.807, 2.05) is 0 Å². The highest BCUT2D eigenvalue weighted by Crippen LogP contribution is 2.05. The number of carbonyl (C=O) groups is 1. The Kier molecular flexibility index (Phi) is 6.54. The van der Waals surface area contributed by atoms with E-state index in [2.05, 4.69) is 12.2 Å². The van der Waals surface area contributed by atoms with E-state index < -0.39 is 0 Å². The van der Waals surface area contributed by atoms with Gasteiger partial charge in [-0.3, -0.25) is 4.79 Å². The van der Waals surface area contributed by atoms with Gasteiger partial charge in [0.05, 0.1) is 6.04 Å². The predicted molar refractivity (Wildman–Crippen MR) is 52.1 cm³/mol. The van der Waals surface area contributed by atoms with Crippen molar-refractivity contribution in [2.45, 2.75) is 32.7 Å². The van der Waals surface area contributed by atoms with Crippen molar-refractivity contribution in [3.05, 3.63) is 0 Å². The third-order valence-electron chi connectivity index (χ3n) is 2.25. The van der Waals surface area contributed by atoms with Gasteiger partial charge in [-0.15, -0.1) is 0 Å². The van der Waals surface area contributed by atoms with Gasteiger partial charge < -0.3 is 16.2 Å². The van der Waals surface area contributed by atoms with Crippen molar-refractivity contribution in [3.8, 4) is 0 Å². The van der Waals surface area contributed by atoms with Crippen molar-refractivity contribution >= 4 is 5.91 Å². The van der Waals surface area contributed by atoms with E-state index >= 15 is 0 Å². The highest BCUT2D eigenvalue weighted by molar-refractivity contribution is 5.79. The van der Waals surface area contributed by atoms with Crippen LogP contribution in [-0.2, 0) is 4.79 Å². The van der Waals surface area contributed by atoms with Crippen molar-refractivity contribution < 1.29 is 9.90 Å². The molecule has 0 aliphatic heterocycles. The number of carbonyl (C=O) groups excluding carboxylic acids is 1. The van der Waals surface area contributed by atoms with Crippen molar-refractivity contribution in [1.29, 1.82) is 0 Å². The van der Waals surface area contributed by atoms with Gasteiger partial charge in [0, 0.05) is 6.61 Å². The first kappa shape index (κ1) is 12.4. The molecule has 0 radical (unpaired) electrons. The quantitative estimate of drug-likeness (QED) is 0.520. The molecule has 78 valence electrons. The number of amides is 1. The first-order valence-corrected chi connectivity index (χ1v) is 4.75. The molecule has 0 bridgehead atoms. The minimum atomic E-state index is -0.334. The Morgan fingerprint density at radius 2 is 2.23 bits per heavy atom. The molecule has 0 rings (SSSR count). The predicted octanol–water partition coefficient (Wildman–Crippen LogP) is -0.142. The van der Waals surface area contributed by atoms with Gasteiger partial charge in [-0.25, -0.2) is 0 Å². The summed E-state index contributed by atoms with van der Waals surface area (Å²) in [6, 6.07) is -0.284. The number of hydrogen-bond donors (Lipinski definition) is 3. The van der Waals surface area contributed by atoms with E-state index in [0.717, 1.165) is 19.4 Å². The van der Waals surface area contributed by atoms with Gasteiger partial charge in [0.2, 0.25) is 5.91 Å². The summed E-state index contributed by atoms with van der Waals surface area (Å²) in [4.78, 5) is 10.7. The van der Waals surface area contributed by atoms with Gasteiger partial charge in [-0.2, -0.15) is 0 Å². The Labute approximate surface area is 79.5 Å². The summed E-state index contributed by atoms with van der Waals surface area (Å²) in [5, 5.41) is 11.8. The average molecular weight is 188 g/mol. The van der Waals surface area contributed by atoms with Crippen LogP contribution in [0.15, 0.2) is 0 Å². The maximum atomic E-state index is 10.7. The lowest BCUT2D eigenvalue weighted by atomic mass is 10.0. The van der Waals surface area contributed by atoms with Crippen molar-refractivity contribution in [2.75, 3.05) is 13.2 Å². The Morgan fingerprint density at radius 3 is 2.62 bits per heavy atom. The zero-order valence-electron chi connectivity index (χ0n) is 8.42. The maximum Gasteiger partial charge on any atom is 0.234 e. The fraction of sp³-hybridized carbons (Fsp3) is 0.889. The molecule has 0 fully saturated rings. The van der Waals surface area contributed by atoms with Crippen LogP contribution in [0.4, 0.5) is 0 Å². The molecule has 0 aromatic rings. The zero-order chi connectivity index (χ0) is 10.3. The summed E-state index contributed by atoms with van der Waals surface area (Å²) >= 11 is 0. The van der Waals surface area contributed by atoms with Crippen LogP contribution in [0.25, 0.3) is 0 Å². The first-order chi connectivity index (χ1) is 6.11. The molecule has 2 atom stereocenters. The van der Waals surface area contributed by atoms with Crippen LogP contribution in [0.2, 0.25) is 0 Å². The van der Waals surface area contributed by atoms with Gasteiger partial charge in [0.25, 0.3) is 0 Å². The van der Waals surface area contributed by atoms with Crippen LogP contribution in [0.3, 0.4) is 0 Å². The zero-order valence-corrected chi connectivity index (χ0v) is 8.42. The molecule has 0 heterocycles. The van der Waals surface area contributed by atoms with Crippen LogP contribution >= 0.6 is 0 Å². The summed E-state index contributed by atoms with van der Waals surface area (Å²) in [5.74, 6) is 0.0886. The fourth-order valence-corrected chi connectivity index (χ4v) is 1.08. The minimum Gasteiger partial charge on any atom is -0.396 e. The maximum absolute atomic E-state index is 10.7. The number of rotatable bonds is 7. The Morgan fingerprint density at radius 1 is 1.62 bits per heavy atom. The lowest BCUT2D eigenvalue weighted by Crippen LogP contribution is -2.41. The Balaban J connectivity index is 3.64. The van der Waals surface area contributed by atoms with Crippen molar-refractivity contribution in [3.63, 3.8) is 0 Å². The van der Waals surface area contributed by atoms with Crippen molar-refractivity contribution in [2.24, 2.45) is 11.7 Å². The molecule has 1 amide bonds. The lowest BCUT2D eigenvalue weighted by molar-refractivity contribution is -0.119. The number of primary amides is 1. The molecule has 0 aromatic heterocycles. The molecule has 0 aliphatic rings. The molecule has 0 spiro atoms. The number of aliphatic hydroxyl groups excluding tert-OH is 1.